The lowest BCUT2D eigenvalue weighted by atomic mass is 9.85. The van der Waals surface area contributed by atoms with Gasteiger partial charge >= 0.3 is 6.03 Å². The first-order chi connectivity index (χ1) is 13.7. The van der Waals surface area contributed by atoms with Crippen LogP contribution < -0.4 is 20.7 Å². The molecule has 0 radical (unpaired) electrons. The first kappa shape index (κ1) is 19.7. The van der Waals surface area contributed by atoms with Crippen LogP contribution in [0, 0.1) is 5.92 Å². The van der Waals surface area contributed by atoms with Crippen LogP contribution in [0.15, 0.2) is 48.5 Å². The smallest absolute Gasteiger partial charge is 0.315 e. The zero-order valence-electron chi connectivity index (χ0n) is 16.2. The third kappa shape index (κ3) is 5.49. The molecule has 0 heterocycles. The Morgan fingerprint density at radius 3 is 2.64 bits per heavy atom. The zero-order valence-corrected chi connectivity index (χ0v) is 16.2. The zero-order chi connectivity index (χ0) is 19.8. The van der Waals surface area contributed by atoms with Gasteiger partial charge in [0.25, 0.3) is 0 Å². The lowest BCUT2D eigenvalue weighted by Crippen LogP contribution is -2.36. The number of benzene rings is 2. The van der Waals surface area contributed by atoms with Crippen LogP contribution in [0.1, 0.15) is 30.4 Å². The van der Waals surface area contributed by atoms with Crippen molar-refractivity contribution in [3.05, 3.63) is 59.7 Å². The van der Waals surface area contributed by atoms with E-state index in [0.29, 0.717) is 19.5 Å². The summed E-state index contributed by atoms with van der Waals surface area (Å²) in [5, 5.41) is 8.66. The van der Waals surface area contributed by atoms with Crippen LogP contribution >= 0.6 is 0 Å². The second-order valence-electron chi connectivity index (χ2n) is 6.99. The first-order valence-electron chi connectivity index (χ1n) is 9.69. The molecule has 1 aliphatic rings. The molecule has 2 aromatic rings. The maximum Gasteiger partial charge on any atom is 0.315 e. The van der Waals surface area contributed by atoms with E-state index in [1.54, 1.807) is 7.11 Å². The molecule has 1 fully saturated rings. The van der Waals surface area contributed by atoms with E-state index in [4.69, 9.17) is 4.74 Å². The molecular weight excluding hydrogens is 354 g/mol. The van der Waals surface area contributed by atoms with Gasteiger partial charge in [-0.2, -0.15) is 0 Å². The molecule has 0 spiro atoms. The molecule has 0 aromatic heterocycles. The highest BCUT2D eigenvalue weighted by atomic mass is 16.5. The Labute approximate surface area is 165 Å². The van der Waals surface area contributed by atoms with Gasteiger partial charge in [0.1, 0.15) is 5.75 Å². The summed E-state index contributed by atoms with van der Waals surface area (Å²) in [5.41, 5.74) is 2.76. The van der Waals surface area contributed by atoms with Crippen molar-refractivity contribution in [2.45, 2.75) is 32.2 Å². The van der Waals surface area contributed by atoms with E-state index in [9.17, 15) is 9.59 Å². The van der Waals surface area contributed by atoms with Gasteiger partial charge in [0, 0.05) is 24.7 Å². The van der Waals surface area contributed by atoms with E-state index < -0.39 is 0 Å². The average molecular weight is 381 g/mol. The van der Waals surface area contributed by atoms with Gasteiger partial charge in [-0.1, -0.05) is 36.8 Å². The Morgan fingerprint density at radius 2 is 1.89 bits per heavy atom. The molecule has 2 aromatic carbocycles. The highest BCUT2D eigenvalue weighted by Gasteiger charge is 2.25. The Hall–Kier alpha value is -3.02. The molecule has 6 nitrogen and oxygen atoms in total. The van der Waals surface area contributed by atoms with Crippen LogP contribution in [0.5, 0.6) is 5.75 Å². The fraction of sp³-hybridized carbons (Fsp3) is 0.364. The Bertz CT molecular complexity index is 818. The largest absolute Gasteiger partial charge is 0.496 e. The molecular formula is C22H27N3O3. The summed E-state index contributed by atoms with van der Waals surface area (Å²) in [6.07, 6.45) is 3.78. The summed E-state index contributed by atoms with van der Waals surface area (Å²) >= 11 is 0. The van der Waals surface area contributed by atoms with Gasteiger partial charge in [-0.3, -0.25) is 4.79 Å². The van der Waals surface area contributed by atoms with Crippen molar-refractivity contribution in [2.24, 2.45) is 5.92 Å². The number of amides is 3. The molecule has 0 saturated heterocycles. The Balaban J connectivity index is 1.41. The maximum absolute atomic E-state index is 12.1. The van der Waals surface area contributed by atoms with Crippen LogP contribution in [0.25, 0.3) is 0 Å². The highest BCUT2D eigenvalue weighted by molar-refractivity contribution is 5.93. The normalized spacial score (nSPS) is 13.3. The lowest BCUT2D eigenvalue weighted by molar-refractivity contribution is -0.122. The SMILES string of the molecule is COc1ccccc1CCNC(=O)NCc1cccc(NC(=O)C2CCC2)c1. The molecule has 6 heteroatoms. The number of nitrogens with one attached hydrogen (secondary N) is 3. The minimum absolute atomic E-state index is 0.0884. The van der Waals surface area contributed by atoms with Gasteiger partial charge in [-0.25, -0.2) is 4.79 Å². The number of carbonyl (C=O) groups excluding carboxylic acids is 2. The minimum atomic E-state index is -0.223. The summed E-state index contributed by atoms with van der Waals surface area (Å²) in [7, 11) is 1.64. The van der Waals surface area contributed by atoms with Gasteiger partial charge in [0.05, 0.1) is 7.11 Å². The highest BCUT2D eigenvalue weighted by Crippen LogP contribution is 2.27. The van der Waals surface area contributed by atoms with Crippen molar-refractivity contribution < 1.29 is 14.3 Å². The molecule has 3 N–H and O–H groups in total. The first-order valence-corrected chi connectivity index (χ1v) is 9.69. The fourth-order valence-corrected chi connectivity index (χ4v) is 3.14. The van der Waals surface area contributed by atoms with Crippen LogP contribution in [-0.2, 0) is 17.8 Å². The average Bonchev–Trinajstić information content (AvgIpc) is 2.65. The fourth-order valence-electron chi connectivity index (χ4n) is 3.14. The second-order valence-corrected chi connectivity index (χ2v) is 6.99. The van der Waals surface area contributed by atoms with Crippen molar-refractivity contribution >= 4 is 17.6 Å². The topological polar surface area (TPSA) is 79.5 Å². The van der Waals surface area contributed by atoms with E-state index in [1.165, 1.54) is 0 Å². The summed E-state index contributed by atoms with van der Waals surface area (Å²) in [5.74, 6) is 1.06. The molecule has 3 amide bonds. The number of methoxy groups -OCH3 is 1. The van der Waals surface area contributed by atoms with Crippen LogP contribution in [0.4, 0.5) is 10.5 Å². The lowest BCUT2D eigenvalue weighted by Gasteiger charge is -2.24. The van der Waals surface area contributed by atoms with Crippen molar-refractivity contribution in [1.82, 2.24) is 10.6 Å². The molecule has 0 bridgehead atoms. The maximum atomic E-state index is 12.1. The number of ether oxygens (including phenoxy) is 1. The summed E-state index contributed by atoms with van der Waals surface area (Å²) in [4.78, 5) is 24.1. The number of carbonyl (C=O) groups is 2. The van der Waals surface area contributed by atoms with E-state index in [0.717, 1.165) is 41.8 Å². The van der Waals surface area contributed by atoms with Crippen LogP contribution in [0.3, 0.4) is 0 Å². The van der Waals surface area contributed by atoms with Crippen LogP contribution in [0.2, 0.25) is 0 Å². The number of hydrogen-bond donors (Lipinski definition) is 3. The molecule has 0 atom stereocenters. The van der Waals surface area contributed by atoms with Crippen molar-refractivity contribution in [1.29, 1.82) is 0 Å². The van der Waals surface area contributed by atoms with Gasteiger partial charge < -0.3 is 20.7 Å². The predicted octanol–water partition coefficient (Wildman–Crippen LogP) is 3.48. The Morgan fingerprint density at radius 1 is 1.07 bits per heavy atom. The standard InChI is InChI=1S/C22H27N3O3/c1-28-20-11-3-2-7-17(20)12-13-23-22(27)24-15-16-6-4-10-19(14-16)25-21(26)18-8-5-9-18/h2-4,6-7,10-11,14,18H,5,8-9,12-13,15H2,1H3,(H,25,26)(H2,23,24,27). The number of rotatable bonds is 8. The monoisotopic (exact) mass is 381 g/mol. The van der Waals surface area contributed by atoms with Gasteiger partial charge in [0.15, 0.2) is 0 Å². The van der Waals surface area contributed by atoms with Crippen molar-refractivity contribution in [3.63, 3.8) is 0 Å². The molecule has 0 aliphatic heterocycles. The summed E-state index contributed by atoms with van der Waals surface area (Å²) in [6, 6.07) is 15.1. The molecule has 28 heavy (non-hydrogen) atoms. The summed E-state index contributed by atoms with van der Waals surface area (Å²) < 4.78 is 5.31. The van der Waals surface area contributed by atoms with Crippen molar-refractivity contribution in [3.8, 4) is 5.75 Å². The van der Waals surface area contributed by atoms with Crippen molar-refractivity contribution in [2.75, 3.05) is 19.0 Å². The minimum Gasteiger partial charge on any atom is -0.496 e. The van der Waals surface area contributed by atoms with Gasteiger partial charge in [-0.15, -0.1) is 0 Å². The third-order valence-corrected chi connectivity index (χ3v) is 5.00. The molecule has 0 unspecified atom stereocenters. The Kier molecular flexibility index (Phi) is 6.89. The van der Waals surface area contributed by atoms with Gasteiger partial charge in [-0.05, 0) is 48.6 Å². The summed E-state index contributed by atoms with van der Waals surface area (Å²) in [6.45, 7) is 0.914. The quantitative estimate of drug-likeness (QED) is 0.655. The van der Waals surface area contributed by atoms with E-state index >= 15 is 0 Å². The molecule has 1 aliphatic carbocycles. The number of hydrogen-bond acceptors (Lipinski definition) is 3. The molecule has 1 saturated carbocycles. The number of anilines is 1. The number of urea groups is 1. The van der Waals surface area contributed by atoms with E-state index in [2.05, 4.69) is 16.0 Å². The second kappa shape index (κ2) is 9.78. The predicted molar refractivity (Wildman–Crippen MR) is 109 cm³/mol. The third-order valence-electron chi connectivity index (χ3n) is 5.00. The van der Waals surface area contributed by atoms with E-state index in [1.807, 2.05) is 48.5 Å². The molecule has 148 valence electrons. The van der Waals surface area contributed by atoms with E-state index in [-0.39, 0.29) is 17.9 Å². The number of para-hydroxylation sites is 1. The molecule has 3 rings (SSSR count). The van der Waals surface area contributed by atoms with Gasteiger partial charge in [0.2, 0.25) is 5.91 Å². The van der Waals surface area contributed by atoms with Crippen LogP contribution in [-0.4, -0.2) is 25.6 Å².